The number of aliphatic hydroxyl groups is 1. The molecular formula is C28H60O4Si2. The maximum absolute atomic E-state index is 13.7. The molecule has 2 unspecified atom stereocenters. The van der Waals surface area contributed by atoms with E-state index in [1.807, 2.05) is 20.8 Å². The smallest absolute Gasteiger partial charge is 0.192 e. The van der Waals surface area contributed by atoms with Gasteiger partial charge in [0, 0.05) is 23.9 Å². The van der Waals surface area contributed by atoms with Gasteiger partial charge in [0.1, 0.15) is 5.78 Å². The second-order valence-electron chi connectivity index (χ2n) is 12.4. The van der Waals surface area contributed by atoms with Gasteiger partial charge in [0.15, 0.2) is 16.6 Å². The molecule has 0 aromatic carbocycles. The zero-order valence-electron chi connectivity index (χ0n) is 25.2. The second kappa shape index (κ2) is 14.1. The summed E-state index contributed by atoms with van der Waals surface area (Å²) in [7, 11) is -3.82. The van der Waals surface area contributed by atoms with Gasteiger partial charge in [-0.2, -0.15) is 0 Å². The third-order valence-corrected chi connectivity index (χ3v) is 18.3. The van der Waals surface area contributed by atoms with E-state index in [2.05, 4.69) is 75.4 Å². The van der Waals surface area contributed by atoms with Crippen LogP contribution in [0.3, 0.4) is 0 Å². The summed E-state index contributed by atoms with van der Waals surface area (Å²) in [4.78, 5) is 13.7. The van der Waals surface area contributed by atoms with E-state index in [-0.39, 0.29) is 34.9 Å². The van der Waals surface area contributed by atoms with Crippen molar-refractivity contribution in [3.05, 3.63) is 0 Å². The van der Waals surface area contributed by atoms with Crippen LogP contribution < -0.4 is 0 Å². The lowest BCUT2D eigenvalue weighted by Gasteiger charge is -2.42. The summed E-state index contributed by atoms with van der Waals surface area (Å²) in [6.45, 7) is 30.4. The van der Waals surface area contributed by atoms with E-state index < -0.39 is 28.7 Å². The third kappa shape index (κ3) is 8.53. The first-order chi connectivity index (χ1) is 15.5. The lowest BCUT2D eigenvalue weighted by molar-refractivity contribution is -0.135. The zero-order valence-corrected chi connectivity index (χ0v) is 27.2. The molecule has 0 rings (SSSR count). The highest BCUT2D eigenvalue weighted by Gasteiger charge is 2.43. The molecule has 4 nitrogen and oxygen atoms in total. The van der Waals surface area contributed by atoms with Crippen molar-refractivity contribution in [2.24, 2.45) is 23.7 Å². The van der Waals surface area contributed by atoms with Crippen LogP contribution in [-0.2, 0) is 13.6 Å². The number of hydrogen-bond donors (Lipinski definition) is 1. The average molecular weight is 517 g/mol. The van der Waals surface area contributed by atoms with Crippen LogP contribution in [0.1, 0.15) is 95.9 Å². The topological polar surface area (TPSA) is 55.8 Å². The van der Waals surface area contributed by atoms with Gasteiger partial charge in [-0.1, -0.05) is 89.5 Å². The summed E-state index contributed by atoms with van der Waals surface area (Å²) in [6, 6.07) is 3.23. The Balaban J connectivity index is 5.72. The van der Waals surface area contributed by atoms with Crippen LogP contribution in [0, 0.1) is 23.7 Å². The Kier molecular flexibility index (Phi) is 14.1. The fourth-order valence-corrected chi connectivity index (χ4v) is 9.28. The van der Waals surface area contributed by atoms with Crippen molar-refractivity contribution in [2.75, 3.05) is 0 Å². The van der Waals surface area contributed by atoms with Gasteiger partial charge in [-0.25, -0.2) is 0 Å². The predicted molar refractivity (Wildman–Crippen MR) is 152 cm³/mol. The van der Waals surface area contributed by atoms with E-state index in [4.69, 9.17) is 8.85 Å². The van der Waals surface area contributed by atoms with Crippen molar-refractivity contribution in [2.45, 2.75) is 151 Å². The van der Waals surface area contributed by atoms with Crippen LogP contribution in [0.25, 0.3) is 0 Å². The van der Waals surface area contributed by atoms with E-state index in [1.165, 1.54) is 0 Å². The SMILES string of the molecule is CC[C@H](O[Si](C)(C)C(C)(C)C)[C@H](C)C(O)C(C)C(=O)[C@H](C)[C@H](O[Si](CC)(CC)CC)[C@@H](C)CC. The molecule has 0 bridgehead atoms. The number of Topliss-reactive ketones (excluding diaryl/α,β-unsaturated/α-hetero) is 1. The minimum atomic E-state index is -1.97. The molecule has 0 fully saturated rings. The Morgan fingerprint density at radius 1 is 0.824 bits per heavy atom. The average Bonchev–Trinajstić information content (AvgIpc) is 2.80. The predicted octanol–water partition coefficient (Wildman–Crippen LogP) is 8.06. The highest BCUT2D eigenvalue weighted by Crippen LogP contribution is 2.39. The summed E-state index contributed by atoms with van der Waals surface area (Å²) >= 11 is 0. The molecule has 0 aliphatic rings. The molecule has 0 aliphatic heterocycles. The van der Waals surface area contributed by atoms with Crippen molar-refractivity contribution < 1.29 is 18.8 Å². The van der Waals surface area contributed by atoms with E-state index in [0.29, 0.717) is 5.92 Å². The molecule has 0 aromatic rings. The Morgan fingerprint density at radius 2 is 1.29 bits per heavy atom. The van der Waals surface area contributed by atoms with Crippen molar-refractivity contribution in [1.82, 2.24) is 0 Å². The molecule has 0 saturated carbocycles. The van der Waals surface area contributed by atoms with Gasteiger partial charge in [0.05, 0.1) is 12.2 Å². The molecule has 0 amide bonds. The van der Waals surface area contributed by atoms with Gasteiger partial charge in [-0.05, 0) is 48.6 Å². The quantitative estimate of drug-likeness (QED) is 0.211. The van der Waals surface area contributed by atoms with Crippen LogP contribution in [0.4, 0.5) is 0 Å². The molecule has 34 heavy (non-hydrogen) atoms. The number of aliphatic hydroxyl groups excluding tert-OH is 1. The van der Waals surface area contributed by atoms with Crippen LogP contribution in [-0.4, -0.2) is 45.8 Å². The first-order valence-corrected chi connectivity index (χ1v) is 19.5. The van der Waals surface area contributed by atoms with Crippen molar-refractivity contribution in [3.63, 3.8) is 0 Å². The van der Waals surface area contributed by atoms with Crippen molar-refractivity contribution in [3.8, 4) is 0 Å². The molecule has 6 heteroatoms. The summed E-state index contributed by atoms with van der Waals surface area (Å²) in [5.41, 5.74) is 0. The minimum Gasteiger partial charge on any atom is -0.414 e. The van der Waals surface area contributed by atoms with Crippen molar-refractivity contribution >= 4 is 22.4 Å². The molecule has 0 radical (unpaired) electrons. The first kappa shape index (κ1) is 34.0. The number of rotatable bonds is 16. The van der Waals surface area contributed by atoms with E-state index in [0.717, 1.165) is 31.0 Å². The van der Waals surface area contributed by atoms with E-state index in [1.54, 1.807) is 0 Å². The van der Waals surface area contributed by atoms with E-state index in [9.17, 15) is 9.90 Å². The number of ketones is 1. The Morgan fingerprint density at radius 3 is 1.65 bits per heavy atom. The third-order valence-electron chi connectivity index (χ3n) is 9.21. The molecule has 0 aliphatic carbocycles. The fourth-order valence-electron chi connectivity index (χ4n) is 4.77. The van der Waals surface area contributed by atoms with Gasteiger partial charge in [-0.15, -0.1) is 0 Å². The fraction of sp³-hybridized carbons (Fsp3) is 0.964. The largest absolute Gasteiger partial charge is 0.414 e. The normalized spacial score (nSPS) is 19.7. The molecule has 0 saturated heterocycles. The Hall–Kier alpha value is -0.0162. The van der Waals surface area contributed by atoms with Crippen LogP contribution in [0.2, 0.25) is 36.3 Å². The first-order valence-electron chi connectivity index (χ1n) is 14.1. The van der Waals surface area contributed by atoms with Gasteiger partial charge in [0.2, 0.25) is 0 Å². The molecular weight excluding hydrogens is 456 g/mol. The number of hydrogen-bond acceptors (Lipinski definition) is 4. The van der Waals surface area contributed by atoms with Gasteiger partial charge >= 0.3 is 0 Å². The van der Waals surface area contributed by atoms with Gasteiger partial charge in [0.25, 0.3) is 0 Å². The highest BCUT2D eigenvalue weighted by molar-refractivity contribution is 6.74. The summed E-state index contributed by atoms with van der Waals surface area (Å²) in [5.74, 6) is -0.355. The molecule has 0 heterocycles. The minimum absolute atomic E-state index is 0.0524. The van der Waals surface area contributed by atoms with Gasteiger partial charge < -0.3 is 14.0 Å². The summed E-state index contributed by atoms with van der Waals surface area (Å²) < 4.78 is 13.6. The molecule has 7 atom stereocenters. The van der Waals surface area contributed by atoms with E-state index >= 15 is 0 Å². The summed E-state index contributed by atoms with van der Waals surface area (Å²) in [6.07, 6.45) is 0.947. The number of carbonyl (C=O) groups is 1. The second-order valence-corrected chi connectivity index (χ2v) is 21.8. The molecule has 0 aromatic heterocycles. The Labute approximate surface area is 215 Å². The van der Waals surface area contributed by atoms with Crippen LogP contribution in [0.15, 0.2) is 0 Å². The highest BCUT2D eigenvalue weighted by atomic mass is 28.4. The van der Waals surface area contributed by atoms with Gasteiger partial charge in [-0.3, -0.25) is 4.79 Å². The molecule has 1 N–H and O–H groups in total. The standard InChI is InChI=1S/C28H60O4Si2/c1-15-20(6)27(32-34(17-3,18-4)19-5)23(9)26(30)22(8)25(29)21(7)24(16-2)31-33(13,14)28(10,11)12/h20-25,27,29H,15-19H2,1-14H3/t20-,21-,22?,23-,24-,25?,27+/m0/s1. The molecule has 0 spiro atoms. The van der Waals surface area contributed by atoms with Crippen LogP contribution in [0.5, 0.6) is 0 Å². The maximum atomic E-state index is 13.7. The lowest BCUT2D eigenvalue weighted by atomic mass is 9.79. The summed E-state index contributed by atoms with van der Waals surface area (Å²) in [5, 5.41) is 11.4. The van der Waals surface area contributed by atoms with Crippen LogP contribution >= 0.6 is 0 Å². The van der Waals surface area contributed by atoms with Crippen molar-refractivity contribution in [1.29, 1.82) is 0 Å². The maximum Gasteiger partial charge on any atom is 0.192 e. The zero-order chi connectivity index (χ0) is 27.1. The number of carbonyl (C=O) groups excluding carboxylic acids is 1. The Bertz CT molecular complexity index is 589. The molecule has 204 valence electrons. The lowest BCUT2D eigenvalue weighted by Crippen LogP contribution is -2.50. The monoisotopic (exact) mass is 516 g/mol.